The lowest BCUT2D eigenvalue weighted by molar-refractivity contribution is -0.132. The largest absolute Gasteiger partial charge is 0.393 e. The summed E-state index contributed by atoms with van der Waals surface area (Å²) in [6, 6.07) is 0. The number of hydrogen-bond donors (Lipinski definition) is 2. The van der Waals surface area contributed by atoms with Gasteiger partial charge in [-0.3, -0.25) is 9.35 Å². The highest BCUT2D eigenvalue weighted by Crippen LogP contribution is 2.68. The van der Waals surface area contributed by atoms with Gasteiger partial charge < -0.3 is 10.0 Å². The zero-order chi connectivity index (χ0) is 24.9. The van der Waals surface area contributed by atoms with E-state index in [0.717, 1.165) is 37.0 Å². The van der Waals surface area contributed by atoms with Gasteiger partial charge in [-0.05, 0) is 111 Å². The van der Waals surface area contributed by atoms with E-state index < -0.39 is 15.9 Å². The molecule has 196 valence electrons. The second-order valence-corrected chi connectivity index (χ2v) is 14.5. The van der Waals surface area contributed by atoms with E-state index in [9.17, 15) is 18.3 Å². The van der Waals surface area contributed by atoms with Crippen LogP contribution in [0.25, 0.3) is 0 Å². The highest BCUT2D eigenvalue weighted by atomic mass is 32.2. The highest BCUT2D eigenvalue weighted by molar-refractivity contribution is 7.85. The van der Waals surface area contributed by atoms with E-state index >= 15 is 0 Å². The third kappa shape index (κ3) is 4.95. The lowest BCUT2D eigenvalue weighted by atomic mass is 9.44. The SMILES string of the molecule is CC(CCC(=O)N(C)CCS(=O)(=O)O)C1CCC2C3CCC4CC(O)CCC4(C)C3CCC12C. The fourth-order valence-electron chi connectivity index (χ4n) is 9.33. The van der Waals surface area contributed by atoms with Crippen LogP contribution >= 0.6 is 0 Å². The Morgan fingerprint density at radius 2 is 1.71 bits per heavy atom. The summed E-state index contributed by atoms with van der Waals surface area (Å²) in [6.07, 6.45) is 12.2. The Bertz CT molecular complexity index is 861. The van der Waals surface area contributed by atoms with Crippen molar-refractivity contribution in [2.45, 2.75) is 97.5 Å². The third-order valence-corrected chi connectivity index (χ3v) is 12.0. The molecule has 0 heterocycles. The van der Waals surface area contributed by atoms with Gasteiger partial charge in [-0.15, -0.1) is 0 Å². The average molecular weight is 498 g/mol. The lowest BCUT2D eigenvalue weighted by Gasteiger charge is -2.61. The summed E-state index contributed by atoms with van der Waals surface area (Å²) in [5, 5.41) is 10.3. The van der Waals surface area contributed by atoms with Gasteiger partial charge in [0.15, 0.2) is 0 Å². The van der Waals surface area contributed by atoms with Crippen molar-refractivity contribution < 1.29 is 22.9 Å². The van der Waals surface area contributed by atoms with E-state index in [4.69, 9.17) is 4.55 Å². The smallest absolute Gasteiger partial charge is 0.266 e. The van der Waals surface area contributed by atoms with Crippen LogP contribution in [0.15, 0.2) is 0 Å². The van der Waals surface area contributed by atoms with E-state index in [1.165, 1.54) is 49.8 Å². The summed E-state index contributed by atoms with van der Waals surface area (Å²) < 4.78 is 30.9. The van der Waals surface area contributed by atoms with Gasteiger partial charge in [-0.2, -0.15) is 8.42 Å². The van der Waals surface area contributed by atoms with Crippen molar-refractivity contribution in [2.24, 2.45) is 46.3 Å². The maximum Gasteiger partial charge on any atom is 0.266 e. The van der Waals surface area contributed by atoms with E-state index in [1.807, 2.05) is 0 Å². The lowest BCUT2D eigenvalue weighted by Crippen LogP contribution is -2.54. The maximum atomic E-state index is 12.6. The van der Waals surface area contributed by atoms with Gasteiger partial charge in [0.25, 0.3) is 10.1 Å². The number of rotatable bonds is 7. The van der Waals surface area contributed by atoms with Gasteiger partial charge in [0.1, 0.15) is 0 Å². The zero-order valence-corrected chi connectivity index (χ0v) is 22.5. The van der Waals surface area contributed by atoms with E-state index in [-0.39, 0.29) is 18.6 Å². The summed E-state index contributed by atoms with van der Waals surface area (Å²) in [6.45, 7) is 7.44. The van der Waals surface area contributed by atoms with Crippen LogP contribution in [0.2, 0.25) is 0 Å². The monoisotopic (exact) mass is 497 g/mol. The molecule has 4 saturated carbocycles. The standard InChI is InChI=1S/C27H47NO5S/c1-18(5-10-25(30)28(4)15-16-34(31,32)33)22-8-9-23-21-7-6-19-17-20(29)11-13-26(19,2)24(21)12-14-27(22,23)3/h18-24,29H,5-17H2,1-4H3,(H,31,32,33). The molecule has 6 nitrogen and oxygen atoms in total. The number of aliphatic hydroxyl groups is 1. The molecule has 7 heteroatoms. The van der Waals surface area contributed by atoms with Crippen molar-refractivity contribution >= 4 is 16.0 Å². The van der Waals surface area contributed by atoms with Crippen molar-refractivity contribution in [3.05, 3.63) is 0 Å². The number of amides is 1. The molecule has 4 aliphatic rings. The second kappa shape index (κ2) is 9.66. The first kappa shape index (κ1) is 26.4. The van der Waals surface area contributed by atoms with Crippen LogP contribution in [0.4, 0.5) is 0 Å². The van der Waals surface area contributed by atoms with Gasteiger partial charge in [0.05, 0.1) is 11.9 Å². The van der Waals surface area contributed by atoms with Crippen LogP contribution in [0, 0.1) is 46.3 Å². The van der Waals surface area contributed by atoms with Crippen LogP contribution < -0.4 is 0 Å². The van der Waals surface area contributed by atoms with Gasteiger partial charge in [0.2, 0.25) is 5.91 Å². The molecule has 0 aliphatic heterocycles. The summed E-state index contributed by atoms with van der Waals surface area (Å²) in [5.74, 6) is 3.79. The summed E-state index contributed by atoms with van der Waals surface area (Å²) >= 11 is 0. The molecule has 0 aromatic carbocycles. The number of aliphatic hydroxyl groups excluding tert-OH is 1. The minimum atomic E-state index is -4.05. The normalized spacial score (nSPS) is 42.9. The van der Waals surface area contributed by atoms with Gasteiger partial charge in [-0.1, -0.05) is 20.8 Å². The third-order valence-electron chi connectivity index (χ3n) is 11.3. The Morgan fingerprint density at radius 3 is 2.41 bits per heavy atom. The molecule has 34 heavy (non-hydrogen) atoms. The molecule has 0 spiro atoms. The van der Waals surface area contributed by atoms with Gasteiger partial charge in [0, 0.05) is 20.0 Å². The Kier molecular flexibility index (Phi) is 7.50. The molecule has 9 atom stereocenters. The van der Waals surface area contributed by atoms with Crippen molar-refractivity contribution in [3.63, 3.8) is 0 Å². The molecule has 4 rings (SSSR count). The van der Waals surface area contributed by atoms with E-state index in [1.54, 1.807) is 7.05 Å². The molecule has 0 saturated heterocycles. The van der Waals surface area contributed by atoms with Crippen LogP contribution in [0.3, 0.4) is 0 Å². The zero-order valence-electron chi connectivity index (χ0n) is 21.7. The average Bonchev–Trinajstić information content (AvgIpc) is 3.12. The first-order valence-corrected chi connectivity index (χ1v) is 15.3. The second-order valence-electron chi connectivity index (χ2n) is 12.9. The molecule has 1 amide bonds. The topological polar surface area (TPSA) is 94.9 Å². The van der Waals surface area contributed by atoms with Crippen molar-refractivity contribution in [2.75, 3.05) is 19.3 Å². The molecular formula is C27H47NO5S. The number of nitrogens with zero attached hydrogens (tertiary/aromatic N) is 1. The molecule has 4 fully saturated rings. The molecule has 2 N–H and O–H groups in total. The predicted molar refractivity (Wildman–Crippen MR) is 134 cm³/mol. The Morgan fingerprint density at radius 1 is 1.03 bits per heavy atom. The Hall–Kier alpha value is -0.660. The van der Waals surface area contributed by atoms with Crippen molar-refractivity contribution in [1.29, 1.82) is 0 Å². The molecule has 0 bridgehead atoms. The molecular weight excluding hydrogens is 450 g/mol. The molecule has 9 unspecified atom stereocenters. The summed E-state index contributed by atoms with van der Waals surface area (Å²) in [7, 11) is -2.43. The Balaban J connectivity index is 1.36. The number of hydrogen-bond acceptors (Lipinski definition) is 4. The number of carbonyl (C=O) groups excluding carboxylic acids is 1. The minimum Gasteiger partial charge on any atom is -0.393 e. The quantitative estimate of drug-likeness (QED) is 0.494. The fraction of sp³-hybridized carbons (Fsp3) is 0.963. The van der Waals surface area contributed by atoms with Crippen LogP contribution in [0.1, 0.15) is 91.4 Å². The molecule has 0 aromatic heterocycles. The molecule has 0 radical (unpaired) electrons. The maximum absolute atomic E-state index is 12.6. The molecule has 4 aliphatic carbocycles. The van der Waals surface area contributed by atoms with Crippen LogP contribution in [-0.2, 0) is 14.9 Å². The number of fused-ring (bicyclic) bond motifs is 5. The number of carbonyl (C=O) groups is 1. The van der Waals surface area contributed by atoms with Gasteiger partial charge in [-0.25, -0.2) is 0 Å². The predicted octanol–water partition coefficient (Wildman–Crippen LogP) is 4.77. The first-order chi connectivity index (χ1) is 15.8. The van der Waals surface area contributed by atoms with Gasteiger partial charge >= 0.3 is 0 Å². The summed E-state index contributed by atoms with van der Waals surface area (Å²) in [5.41, 5.74) is 0.768. The first-order valence-electron chi connectivity index (χ1n) is 13.7. The van der Waals surface area contributed by atoms with E-state index in [2.05, 4.69) is 20.8 Å². The summed E-state index contributed by atoms with van der Waals surface area (Å²) in [4.78, 5) is 14.0. The minimum absolute atomic E-state index is 0.0368. The van der Waals surface area contributed by atoms with Crippen LogP contribution in [-0.4, -0.2) is 54.3 Å². The van der Waals surface area contributed by atoms with Crippen molar-refractivity contribution in [3.8, 4) is 0 Å². The van der Waals surface area contributed by atoms with Crippen LogP contribution in [0.5, 0.6) is 0 Å². The Labute approximate surface area is 207 Å². The molecule has 0 aromatic rings. The van der Waals surface area contributed by atoms with E-state index in [0.29, 0.717) is 35.0 Å². The highest BCUT2D eigenvalue weighted by Gasteiger charge is 2.60. The fourth-order valence-corrected chi connectivity index (χ4v) is 9.84. The van der Waals surface area contributed by atoms with Crippen molar-refractivity contribution in [1.82, 2.24) is 4.90 Å².